The van der Waals surface area contributed by atoms with Crippen molar-refractivity contribution in [3.63, 3.8) is 0 Å². The van der Waals surface area contributed by atoms with Crippen LogP contribution in [0.25, 0.3) is 0 Å². The molecule has 8 heteroatoms. The van der Waals surface area contributed by atoms with Crippen LogP contribution in [0.3, 0.4) is 0 Å². The van der Waals surface area contributed by atoms with Crippen molar-refractivity contribution >= 4 is 11.5 Å². The predicted octanol–water partition coefficient (Wildman–Crippen LogP) is 2.08. The molecule has 0 saturated carbocycles. The zero-order valence-electron chi connectivity index (χ0n) is 11.0. The summed E-state index contributed by atoms with van der Waals surface area (Å²) in [5.41, 5.74) is 3.56. The average Bonchev–Trinajstić information content (AvgIpc) is 2.42. The number of nitrogens with zero attached hydrogens (tertiary/aromatic N) is 3. The molecular formula is C12H13N5O3. The highest BCUT2D eigenvalue weighted by atomic mass is 16.6. The molecule has 1 aromatic carbocycles. The number of nitro groups is 1. The van der Waals surface area contributed by atoms with E-state index in [-0.39, 0.29) is 11.7 Å². The van der Waals surface area contributed by atoms with E-state index >= 15 is 0 Å². The van der Waals surface area contributed by atoms with Gasteiger partial charge in [-0.25, -0.2) is 10.8 Å². The lowest BCUT2D eigenvalue weighted by molar-refractivity contribution is -0.385. The van der Waals surface area contributed by atoms with Crippen molar-refractivity contribution in [3.05, 3.63) is 45.8 Å². The fraction of sp³-hybridized carbons (Fsp3) is 0.167. The van der Waals surface area contributed by atoms with Gasteiger partial charge in [0, 0.05) is 0 Å². The second-order valence-corrected chi connectivity index (χ2v) is 4.15. The maximum atomic E-state index is 11.1. The van der Waals surface area contributed by atoms with Crippen molar-refractivity contribution in [2.75, 3.05) is 5.43 Å². The van der Waals surface area contributed by atoms with E-state index in [1.54, 1.807) is 6.07 Å². The molecular weight excluding hydrogens is 262 g/mol. The van der Waals surface area contributed by atoms with Gasteiger partial charge in [-0.1, -0.05) is 12.1 Å². The summed E-state index contributed by atoms with van der Waals surface area (Å²) in [5.74, 6) is 5.43. The summed E-state index contributed by atoms with van der Waals surface area (Å²) in [6, 6.07) is 5.56. The number of rotatable bonds is 4. The maximum absolute atomic E-state index is 11.1. The van der Waals surface area contributed by atoms with E-state index in [0.29, 0.717) is 5.75 Å². The lowest BCUT2D eigenvalue weighted by Gasteiger charge is -2.09. The van der Waals surface area contributed by atoms with Crippen molar-refractivity contribution in [1.82, 2.24) is 9.97 Å². The number of aromatic nitrogens is 2. The molecule has 104 valence electrons. The molecule has 2 aromatic rings. The Labute approximate surface area is 114 Å². The molecule has 20 heavy (non-hydrogen) atoms. The summed E-state index contributed by atoms with van der Waals surface area (Å²) >= 11 is 0. The number of hydrogen-bond donors (Lipinski definition) is 2. The molecule has 3 N–H and O–H groups in total. The smallest absolute Gasteiger partial charge is 0.374 e. The Bertz CT molecular complexity index is 660. The second kappa shape index (κ2) is 5.49. The summed E-state index contributed by atoms with van der Waals surface area (Å²) in [5, 5.41) is 11.1. The Morgan fingerprint density at radius 3 is 2.75 bits per heavy atom. The predicted molar refractivity (Wildman–Crippen MR) is 72.5 cm³/mol. The molecule has 0 aliphatic heterocycles. The minimum Gasteiger partial charge on any atom is -0.433 e. The summed E-state index contributed by atoms with van der Waals surface area (Å²) in [4.78, 5) is 17.9. The van der Waals surface area contributed by atoms with Gasteiger partial charge in [0.1, 0.15) is 12.1 Å². The molecule has 8 nitrogen and oxygen atoms in total. The van der Waals surface area contributed by atoms with E-state index in [0.717, 1.165) is 17.5 Å². The highest BCUT2D eigenvalue weighted by Crippen LogP contribution is 2.34. The highest BCUT2D eigenvalue weighted by Gasteiger charge is 2.24. The van der Waals surface area contributed by atoms with Gasteiger partial charge in [0.2, 0.25) is 5.82 Å². The number of nitrogen functional groups attached to an aromatic ring is 1. The molecule has 1 aromatic heterocycles. The molecule has 0 aliphatic carbocycles. The van der Waals surface area contributed by atoms with Gasteiger partial charge in [0.05, 0.1) is 4.92 Å². The molecule has 0 saturated heterocycles. The number of hydrogen-bond acceptors (Lipinski definition) is 7. The van der Waals surface area contributed by atoms with Gasteiger partial charge in [-0.15, -0.1) is 0 Å². The molecule has 0 spiro atoms. The van der Waals surface area contributed by atoms with Crippen molar-refractivity contribution < 1.29 is 9.66 Å². The Morgan fingerprint density at radius 2 is 2.10 bits per heavy atom. The summed E-state index contributed by atoms with van der Waals surface area (Å²) in [7, 11) is 0. The Kier molecular flexibility index (Phi) is 3.76. The first-order valence-corrected chi connectivity index (χ1v) is 5.74. The average molecular weight is 275 g/mol. The third-order valence-corrected chi connectivity index (χ3v) is 2.66. The third-order valence-electron chi connectivity index (χ3n) is 2.66. The van der Waals surface area contributed by atoms with Crippen LogP contribution >= 0.6 is 0 Å². The van der Waals surface area contributed by atoms with Crippen LogP contribution in [-0.2, 0) is 0 Å². The minimum absolute atomic E-state index is 0.106. The van der Waals surface area contributed by atoms with Crippen LogP contribution in [0.2, 0.25) is 0 Å². The maximum Gasteiger partial charge on any atom is 0.374 e. The lowest BCUT2D eigenvalue weighted by Crippen LogP contribution is -2.12. The summed E-state index contributed by atoms with van der Waals surface area (Å²) in [6.45, 7) is 3.73. The van der Waals surface area contributed by atoms with Crippen molar-refractivity contribution in [1.29, 1.82) is 0 Å². The number of nitrogens with two attached hydrogens (primary N) is 1. The fourth-order valence-corrected chi connectivity index (χ4v) is 1.63. The monoisotopic (exact) mass is 275 g/mol. The van der Waals surface area contributed by atoms with Crippen LogP contribution in [0.5, 0.6) is 11.6 Å². The molecule has 0 bridgehead atoms. The number of ether oxygens (including phenoxy) is 1. The minimum atomic E-state index is -0.643. The zero-order valence-corrected chi connectivity index (χ0v) is 11.0. The van der Waals surface area contributed by atoms with Crippen LogP contribution in [0.1, 0.15) is 11.1 Å². The van der Waals surface area contributed by atoms with Gasteiger partial charge >= 0.3 is 11.6 Å². The second-order valence-electron chi connectivity index (χ2n) is 4.15. The molecule has 0 atom stereocenters. The van der Waals surface area contributed by atoms with Crippen LogP contribution in [0, 0.1) is 24.0 Å². The van der Waals surface area contributed by atoms with Gasteiger partial charge in [-0.3, -0.25) is 10.1 Å². The van der Waals surface area contributed by atoms with Gasteiger partial charge < -0.3 is 10.2 Å². The number of nitrogens with one attached hydrogen (secondary N) is 1. The Hall–Kier alpha value is -2.74. The molecule has 1 heterocycles. The van der Waals surface area contributed by atoms with Crippen molar-refractivity contribution in [2.45, 2.75) is 13.8 Å². The molecule has 0 unspecified atom stereocenters. The summed E-state index contributed by atoms with van der Waals surface area (Å²) < 4.78 is 5.54. The molecule has 0 fully saturated rings. The lowest BCUT2D eigenvalue weighted by atomic mass is 10.1. The highest BCUT2D eigenvalue weighted by molar-refractivity contribution is 5.61. The normalized spacial score (nSPS) is 10.2. The van der Waals surface area contributed by atoms with Gasteiger partial charge in [0.15, 0.2) is 0 Å². The van der Waals surface area contributed by atoms with Gasteiger partial charge in [0.25, 0.3) is 0 Å². The van der Waals surface area contributed by atoms with E-state index in [9.17, 15) is 10.1 Å². The Morgan fingerprint density at radius 1 is 1.35 bits per heavy atom. The topological polar surface area (TPSA) is 116 Å². The first-order valence-electron chi connectivity index (χ1n) is 5.74. The Balaban J connectivity index is 2.48. The first-order chi connectivity index (χ1) is 9.52. The van der Waals surface area contributed by atoms with Crippen molar-refractivity contribution in [2.24, 2.45) is 5.84 Å². The fourth-order valence-electron chi connectivity index (χ4n) is 1.63. The molecule has 2 rings (SSSR count). The van der Waals surface area contributed by atoms with Crippen molar-refractivity contribution in [3.8, 4) is 11.6 Å². The first kappa shape index (κ1) is 13.7. The van der Waals surface area contributed by atoms with E-state index in [1.807, 2.05) is 26.0 Å². The van der Waals surface area contributed by atoms with Crippen LogP contribution in [0.15, 0.2) is 24.5 Å². The number of anilines is 1. The molecule has 0 amide bonds. The molecule has 0 radical (unpaired) electrons. The van der Waals surface area contributed by atoms with E-state index in [1.165, 1.54) is 0 Å². The largest absolute Gasteiger partial charge is 0.433 e. The number of aryl methyl sites for hydroxylation is 2. The third kappa shape index (κ3) is 2.64. The van der Waals surface area contributed by atoms with Crippen LogP contribution < -0.4 is 16.0 Å². The van der Waals surface area contributed by atoms with E-state index in [2.05, 4.69) is 15.4 Å². The van der Waals surface area contributed by atoms with Gasteiger partial charge in [-0.05, 0) is 31.0 Å². The van der Waals surface area contributed by atoms with E-state index in [4.69, 9.17) is 10.6 Å². The number of benzene rings is 1. The van der Waals surface area contributed by atoms with E-state index < -0.39 is 10.6 Å². The SMILES string of the molecule is Cc1ccc(C)c(Oc2ncnc(NN)c2[N+](=O)[O-])c1. The van der Waals surface area contributed by atoms with Crippen LogP contribution in [0.4, 0.5) is 11.5 Å². The molecule has 0 aliphatic rings. The zero-order chi connectivity index (χ0) is 14.7. The standard InChI is InChI=1S/C12H13N5O3/c1-7-3-4-8(2)9(5-7)20-12-10(17(18)19)11(16-13)14-6-15-12/h3-6H,13H2,1-2H3,(H,14,15,16). The summed E-state index contributed by atoms with van der Waals surface area (Å²) in [6.07, 6.45) is 1.14. The van der Waals surface area contributed by atoms with Gasteiger partial charge in [-0.2, -0.15) is 4.98 Å². The quantitative estimate of drug-likeness (QED) is 0.498. The van der Waals surface area contributed by atoms with Crippen LogP contribution in [-0.4, -0.2) is 14.9 Å². The number of hydrazine groups is 1.